The first-order valence-electron chi connectivity index (χ1n) is 10.5. The van der Waals surface area contributed by atoms with Gasteiger partial charge in [-0.1, -0.05) is 18.2 Å². The molecule has 3 aliphatic heterocycles. The van der Waals surface area contributed by atoms with Crippen molar-refractivity contribution in [2.45, 2.75) is 38.5 Å². The lowest BCUT2D eigenvalue weighted by Crippen LogP contribution is -2.52. The number of carbonyl (C=O) groups excluding carboxylic acids is 4. The minimum Gasteiger partial charge on any atom is -0.376 e. The molecule has 5 rings (SSSR count). The predicted molar refractivity (Wildman–Crippen MR) is 124 cm³/mol. The molecule has 0 bridgehead atoms. The molecule has 1 unspecified atom stereocenters. The first-order chi connectivity index (χ1) is 15.4. The lowest BCUT2D eigenvalue weighted by Gasteiger charge is -2.29. The van der Waals surface area contributed by atoms with Gasteiger partial charge in [-0.15, -0.1) is 0 Å². The normalized spacial score (nSPS) is 19.7. The summed E-state index contributed by atoms with van der Waals surface area (Å²) < 4.78 is 1.17. The van der Waals surface area contributed by atoms with Crippen LogP contribution in [-0.4, -0.2) is 46.0 Å². The van der Waals surface area contributed by atoms with Gasteiger partial charge < -0.3 is 15.1 Å². The molecule has 2 aromatic rings. The van der Waals surface area contributed by atoms with Gasteiger partial charge in [0.1, 0.15) is 6.04 Å². The van der Waals surface area contributed by atoms with Crippen molar-refractivity contribution < 1.29 is 19.2 Å². The lowest BCUT2D eigenvalue weighted by molar-refractivity contribution is -0.137. The van der Waals surface area contributed by atoms with Gasteiger partial charge in [0.05, 0.1) is 6.54 Å². The maximum Gasteiger partial charge on any atom is 0.255 e. The van der Waals surface area contributed by atoms with E-state index in [4.69, 9.17) is 0 Å². The maximum absolute atomic E-state index is 12.9. The summed E-state index contributed by atoms with van der Waals surface area (Å²) in [5.41, 5.74) is 4.43. The summed E-state index contributed by atoms with van der Waals surface area (Å²) in [6, 6.07) is 10.9. The highest BCUT2D eigenvalue weighted by molar-refractivity contribution is 14.1. The van der Waals surface area contributed by atoms with E-state index >= 15 is 0 Å². The van der Waals surface area contributed by atoms with Gasteiger partial charge in [-0.3, -0.25) is 24.5 Å². The van der Waals surface area contributed by atoms with Crippen molar-refractivity contribution in [2.24, 2.45) is 0 Å². The maximum atomic E-state index is 12.9. The van der Waals surface area contributed by atoms with Gasteiger partial charge in [-0.05, 0) is 63.9 Å². The molecule has 0 aromatic heterocycles. The van der Waals surface area contributed by atoms with Crippen molar-refractivity contribution in [1.29, 1.82) is 0 Å². The molecule has 0 radical (unpaired) electrons. The summed E-state index contributed by atoms with van der Waals surface area (Å²) >= 11 is 2.30. The van der Waals surface area contributed by atoms with Gasteiger partial charge in [0.15, 0.2) is 0 Å². The van der Waals surface area contributed by atoms with Gasteiger partial charge in [-0.25, -0.2) is 0 Å². The molecule has 2 aromatic carbocycles. The van der Waals surface area contributed by atoms with E-state index in [1.54, 1.807) is 6.07 Å². The number of nitrogens with zero attached hydrogens (tertiary/aromatic N) is 2. The molecule has 3 aliphatic rings. The average Bonchev–Trinajstić information content (AvgIpc) is 3.35. The number of fused-ring (bicyclic) bond motifs is 2. The second-order valence-corrected chi connectivity index (χ2v) is 9.41. The summed E-state index contributed by atoms with van der Waals surface area (Å²) in [4.78, 5) is 52.6. The third kappa shape index (κ3) is 3.74. The summed E-state index contributed by atoms with van der Waals surface area (Å²) in [6.45, 7) is 1.69. The van der Waals surface area contributed by atoms with E-state index in [1.807, 2.05) is 29.2 Å². The minimum atomic E-state index is -0.634. The number of amides is 4. The number of benzene rings is 2. The first kappa shape index (κ1) is 20.9. The highest BCUT2D eigenvalue weighted by atomic mass is 127. The monoisotopic (exact) mass is 544 g/mol. The van der Waals surface area contributed by atoms with Crippen molar-refractivity contribution >= 4 is 51.9 Å². The Hall–Kier alpha value is -2.95. The highest BCUT2D eigenvalue weighted by Gasteiger charge is 2.39. The van der Waals surface area contributed by atoms with E-state index in [-0.39, 0.29) is 30.7 Å². The van der Waals surface area contributed by atoms with E-state index in [0.717, 1.165) is 5.56 Å². The topological polar surface area (TPSA) is 98.8 Å². The van der Waals surface area contributed by atoms with Crippen LogP contribution in [0.3, 0.4) is 0 Å². The van der Waals surface area contributed by atoms with Gasteiger partial charge in [0.25, 0.3) is 5.91 Å². The number of carbonyl (C=O) groups is 4. The Balaban J connectivity index is 1.23. The molecule has 1 atom stereocenters. The van der Waals surface area contributed by atoms with Crippen molar-refractivity contribution in [3.05, 3.63) is 62.2 Å². The molecule has 32 heavy (non-hydrogen) atoms. The summed E-state index contributed by atoms with van der Waals surface area (Å²) in [6.07, 6.45) is 0.562. The molecule has 1 fully saturated rings. The number of hydrogen-bond donors (Lipinski definition) is 2. The Morgan fingerprint density at radius 1 is 1.09 bits per heavy atom. The fourth-order valence-corrected chi connectivity index (χ4v) is 5.24. The van der Waals surface area contributed by atoms with Crippen molar-refractivity contribution in [3.8, 4) is 0 Å². The smallest absolute Gasteiger partial charge is 0.255 e. The van der Waals surface area contributed by atoms with Crippen molar-refractivity contribution in [2.75, 3.05) is 11.9 Å². The molecule has 1 saturated heterocycles. The molecule has 0 aliphatic carbocycles. The van der Waals surface area contributed by atoms with Crippen molar-refractivity contribution in [1.82, 2.24) is 15.1 Å². The van der Waals surface area contributed by atoms with Crippen LogP contribution in [0, 0.1) is 3.57 Å². The lowest BCUT2D eigenvalue weighted by atomic mass is 10.0. The molecule has 0 saturated carbocycles. The Morgan fingerprint density at radius 2 is 1.94 bits per heavy atom. The molecular weight excluding hydrogens is 523 g/mol. The summed E-state index contributed by atoms with van der Waals surface area (Å²) in [5.74, 6) is -0.960. The van der Waals surface area contributed by atoms with E-state index in [1.165, 1.54) is 19.6 Å². The number of imide groups is 1. The number of hydrogen-bond acceptors (Lipinski definition) is 5. The molecule has 9 heteroatoms. The molecule has 8 nitrogen and oxygen atoms in total. The first-order valence-corrected chi connectivity index (χ1v) is 11.5. The highest BCUT2D eigenvalue weighted by Crippen LogP contribution is 2.30. The van der Waals surface area contributed by atoms with Crippen LogP contribution in [0.25, 0.3) is 0 Å². The molecule has 4 amide bonds. The van der Waals surface area contributed by atoms with Gasteiger partial charge in [0, 0.05) is 40.9 Å². The number of anilines is 1. The summed E-state index contributed by atoms with van der Waals surface area (Å²) in [7, 11) is 0. The molecular formula is C23H21IN4O4. The van der Waals surface area contributed by atoms with Crippen LogP contribution < -0.4 is 10.6 Å². The SMILES string of the molecule is O=C1CCC(N2Cc3ccc(NCC(=O)N4Cc5cccc(I)c5C4)cc3C2=O)C(=O)N1. The van der Waals surface area contributed by atoms with Crippen LogP contribution in [0.5, 0.6) is 0 Å². The van der Waals surface area contributed by atoms with Crippen LogP contribution in [0.1, 0.15) is 39.9 Å². The molecule has 0 spiro atoms. The standard InChI is InChI=1S/C23H21IN4O4/c24-18-3-1-2-13-10-27(12-17(13)18)21(30)9-25-15-5-4-14-11-28(23(32)16(14)8-15)19-6-7-20(29)26-22(19)31/h1-5,8,19,25H,6-7,9-12H2,(H,26,29,31). The number of piperidine rings is 1. The molecule has 164 valence electrons. The average molecular weight is 544 g/mol. The zero-order valence-electron chi connectivity index (χ0n) is 17.2. The minimum absolute atomic E-state index is 0.00556. The number of nitrogens with one attached hydrogen (secondary N) is 2. The second-order valence-electron chi connectivity index (χ2n) is 8.25. The Kier molecular flexibility index (Phi) is 5.36. The fourth-order valence-electron chi connectivity index (χ4n) is 4.51. The Morgan fingerprint density at radius 3 is 2.72 bits per heavy atom. The summed E-state index contributed by atoms with van der Waals surface area (Å²) in [5, 5.41) is 5.44. The quantitative estimate of drug-likeness (QED) is 0.454. The van der Waals surface area contributed by atoms with Crippen LogP contribution in [0.15, 0.2) is 36.4 Å². The molecule has 3 heterocycles. The van der Waals surface area contributed by atoms with Gasteiger partial charge >= 0.3 is 0 Å². The Bertz CT molecular complexity index is 1160. The third-order valence-corrected chi connectivity index (χ3v) is 7.26. The fraction of sp³-hybridized carbons (Fsp3) is 0.304. The second kappa shape index (κ2) is 8.19. The van der Waals surface area contributed by atoms with E-state index in [0.29, 0.717) is 37.3 Å². The van der Waals surface area contributed by atoms with Gasteiger partial charge in [-0.2, -0.15) is 0 Å². The van der Waals surface area contributed by atoms with Crippen molar-refractivity contribution in [3.63, 3.8) is 0 Å². The zero-order chi connectivity index (χ0) is 22.4. The zero-order valence-corrected chi connectivity index (χ0v) is 19.3. The predicted octanol–water partition coefficient (Wildman–Crippen LogP) is 2.01. The largest absolute Gasteiger partial charge is 0.376 e. The molecule has 2 N–H and O–H groups in total. The third-order valence-electron chi connectivity index (χ3n) is 6.25. The van der Waals surface area contributed by atoms with Crippen LogP contribution >= 0.6 is 22.6 Å². The number of halogens is 1. The van der Waals surface area contributed by atoms with Crippen LogP contribution in [-0.2, 0) is 34.0 Å². The van der Waals surface area contributed by atoms with Crippen LogP contribution in [0.2, 0.25) is 0 Å². The van der Waals surface area contributed by atoms with E-state index < -0.39 is 11.9 Å². The van der Waals surface area contributed by atoms with E-state index in [2.05, 4.69) is 39.3 Å². The Labute approximate surface area is 198 Å². The van der Waals surface area contributed by atoms with E-state index in [9.17, 15) is 19.2 Å². The number of rotatable bonds is 4. The van der Waals surface area contributed by atoms with Gasteiger partial charge in [0.2, 0.25) is 17.7 Å². The van der Waals surface area contributed by atoms with Crippen LogP contribution in [0.4, 0.5) is 5.69 Å².